The van der Waals surface area contributed by atoms with Crippen molar-refractivity contribution in [1.29, 1.82) is 0 Å². The number of alkyl halides is 3. The second-order valence-electron chi connectivity index (χ2n) is 9.22. The topological polar surface area (TPSA) is 43.8 Å². The molecule has 0 saturated carbocycles. The molecule has 0 spiro atoms. The second-order valence-corrected chi connectivity index (χ2v) is 9.22. The number of hydrogen-bond donors (Lipinski definition) is 1. The van der Waals surface area contributed by atoms with Crippen molar-refractivity contribution in [3.8, 4) is 11.1 Å². The van der Waals surface area contributed by atoms with Gasteiger partial charge < -0.3 is 14.9 Å². The molecule has 2 atom stereocenters. The third-order valence-corrected chi connectivity index (χ3v) is 7.26. The average Bonchev–Trinajstić information content (AvgIpc) is 3.03. The zero-order valence-corrected chi connectivity index (χ0v) is 17.8. The molecule has 7 heteroatoms. The fourth-order valence-corrected chi connectivity index (χ4v) is 5.51. The number of rotatable bonds is 5. The van der Waals surface area contributed by atoms with Gasteiger partial charge in [0.25, 0.3) is 0 Å². The molecular formula is C25H27F3N2O2. The van der Waals surface area contributed by atoms with E-state index >= 15 is 0 Å². The maximum atomic E-state index is 13.2. The number of hydrogen-bond acceptors (Lipinski definition) is 3. The number of halogens is 3. The standard InChI is InChI=1S/C25H27F3N2O2/c26-25(27,28)20-5-2-16(3-6-20)17-4-7-21-18-8-10-30(23(13-18)22(21)12-17)24(32)19-14-29(15-19)9-1-11-31/h2-7,12,18-19,23,31H,1,8-11,13-15H2/t18-,23+/m1/s1. The van der Waals surface area contributed by atoms with Crippen LogP contribution in [0.25, 0.3) is 11.1 Å². The third kappa shape index (κ3) is 3.82. The Bertz CT molecular complexity index is 999. The molecule has 0 aromatic heterocycles. The van der Waals surface area contributed by atoms with Crippen molar-refractivity contribution in [2.24, 2.45) is 5.92 Å². The number of fused-ring (bicyclic) bond motifs is 5. The molecular weight excluding hydrogens is 417 g/mol. The van der Waals surface area contributed by atoms with Crippen LogP contribution in [0, 0.1) is 5.92 Å². The van der Waals surface area contributed by atoms with E-state index in [0.29, 0.717) is 5.92 Å². The molecule has 5 rings (SSSR count). The summed E-state index contributed by atoms with van der Waals surface area (Å²) in [6.07, 6.45) is -1.73. The van der Waals surface area contributed by atoms with Gasteiger partial charge in [-0.15, -0.1) is 0 Å². The van der Waals surface area contributed by atoms with Crippen LogP contribution in [0.2, 0.25) is 0 Å². The van der Waals surface area contributed by atoms with Gasteiger partial charge in [0.05, 0.1) is 17.5 Å². The lowest BCUT2D eigenvalue weighted by atomic mass is 9.92. The first-order chi connectivity index (χ1) is 15.3. The summed E-state index contributed by atoms with van der Waals surface area (Å²) < 4.78 is 38.7. The van der Waals surface area contributed by atoms with Crippen molar-refractivity contribution in [2.75, 3.05) is 32.8 Å². The number of aliphatic hydroxyl groups is 1. The molecule has 2 aromatic rings. The van der Waals surface area contributed by atoms with Crippen LogP contribution in [0.4, 0.5) is 13.2 Å². The van der Waals surface area contributed by atoms with E-state index in [9.17, 15) is 18.0 Å². The predicted molar refractivity (Wildman–Crippen MR) is 115 cm³/mol. The summed E-state index contributed by atoms with van der Waals surface area (Å²) in [4.78, 5) is 17.5. The number of aliphatic hydroxyl groups excluding tert-OH is 1. The smallest absolute Gasteiger partial charge is 0.396 e. The molecule has 1 N–H and O–H groups in total. The molecule has 3 aliphatic rings. The summed E-state index contributed by atoms with van der Waals surface area (Å²) in [6.45, 7) is 3.26. The Morgan fingerprint density at radius 3 is 2.44 bits per heavy atom. The third-order valence-electron chi connectivity index (χ3n) is 7.26. The van der Waals surface area contributed by atoms with E-state index in [1.54, 1.807) is 0 Å². The number of carbonyl (C=O) groups excluding carboxylic acids is 1. The summed E-state index contributed by atoms with van der Waals surface area (Å²) in [5, 5.41) is 8.98. The second kappa shape index (κ2) is 8.19. The Morgan fingerprint density at radius 2 is 1.75 bits per heavy atom. The maximum Gasteiger partial charge on any atom is 0.416 e. The minimum Gasteiger partial charge on any atom is -0.396 e. The van der Waals surface area contributed by atoms with Crippen molar-refractivity contribution >= 4 is 5.91 Å². The largest absolute Gasteiger partial charge is 0.416 e. The molecule has 2 heterocycles. The predicted octanol–water partition coefficient (Wildman–Crippen LogP) is 4.45. The van der Waals surface area contributed by atoms with Gasteiger partial charge in [0.2, 0.25) is 5.91 Å². The van der Waals surface area contributed by atoms with Gasteiger partial charge in [0.15, 0.2) is 0 Å². The molecule has 1 amide bonds. The molecule has 2 fully saturated rings. The number of carbonyl (C=O) groups is 1. The lowest BCUT2D eigenvalue weighted by Crippen LogP contribution is -2.55. The first kappa shape index (κ1) is 21.5. The quantitative estimate of drug-likeness (QED) is 0.741. The molecule has 2 aliphatic heterocycles. The summed E-state index contributed by atoms with van der Waals surface area (Å²) in [7, 11) is 0. The highest BCUT2D eigenvalue weighted by atomic mass is 19.4. The molecule has 170 valence electrons. The average molecular weight is 444 g/mol. The van der Waals surface area contributed by atoms with E-state index in [0.717, 1.165) is 74.3 Å². The fraction of sp³-hybridized carbons (Fsp3) is 0.480. The van der Waals surface area contributed by atoms with E-state index in [1.807, 2.05) is 11.0 Å². The maximum absolute atomic E-state index is 13.2. The minimum atomic E-state index is -4.34. The van der Waals surface area contributed by atoms with Gasteiger partial charge in [-0.3, -0.25) is 4.79 Å². The van der Waals surface area contributed by atoms with E-state index in [2.05, 4.69) is 17.0 Å². The van der Waals surface area contributed by atoms with Crippen LogP contribution in [0.5, 0.6) is 0 Å². The first-order valence-electron chi connectivity index (χ1n) is 11.3. The number of likely N-dealkylation sites (tertiary alicyclic amines) is 2. The summed E-state index contributed by atoms with van der Waals surface area (Å²) in [6, 6.07) is 11.5. The Balaban J connectivity index is 1.34. The SMILES string of the molecule is O=C(C1CN(CCCO)C1)N1CC[C@@H]2C[C@H]1c1cc(-c3ccc(C(F)(F)F)cc3)ccc12. The highest BCUT2D eigenvalue weighted by Gasteiger charge is 2.44. The monoisotopic (exact) mass is 444 g/mol. The highest BCUT2D eigenvalue weighted by molar-refractivity contribution is 5.81. The van der Waals surface area contributed by atoms with Crippen molar-refractivity contribution < 1.29 is 23.1 Å². The lowest BCUT2D eigenvalue weighted by Gasteiger charge is -2.43. The van der Waals surface area contributed by atoms with Gasteiger partial charge in [0, 0.05) is 32.8 Å². The number of nitrogens with zero attached hydrogens (tertiary/aromatic N) is 2. The zero-order valence-electron chi connectivity index (χ0n) is 17.8. The zero-order chi connectivity index (χ0) is 22.5. The van der Waals surface area contributed by atoms with Gasteiger partial charge in [-0.25, -0.2) is 0 Å². The van der Waals surface area contributed by atoms with Crippen molar-refractivity contribution in [3.63, 3.8) is 0 Å². The summed E-state index contributed by atoms with van der Waals surface area (Å²) in [5.41, 5.74) is 3.41. The van der Waals surface area contributed by atoms with Crippen LogP contribution in [0.1, 0.15) is 47.9 Å². The van der Waals surface area contributed by atoms with Crippen LogP contribution in [0.15, 0.2) is 42.5 Å². The minimum absolute atomic E-state index is 0.0207. The van der Waals surface area contributed by atoms with E-state index in [1.165, 1.54) is 17.7 Å². The Hall–Kier alpha value is -2.38. The van der Waals surface area contributed by atoms with Gasteiger partial charge in [-0.1, -0.05) is 24.3 Å². The molecule has 1 aliphatic carbocycles. The number of piperidine rings is 1. The molecule has 2 saturated heterocycles. The molecule has 4 nitrogen and oxygen atoms in total. The van der Waals surface area contributed by atoms with Gasteiger partial charge in [0.1, 0.15) is 0 Å². The van der Waals surface area contributed by atoms with Gasteiger partial charge in [-0.2, -0.15) is 13.2 Å². The number of amides is 1. The number of benzene rings is 2. The Morgan fingerprint density at radius 1 is 1.03 bits per heavy atom. The van der Waals surface area contributed by atoms with Gasteiger partial charge >= 0.3 is 6.18 Å². The molecule has 32 heavy (non-hydrogen) atoms. The van der Waals surface area contributed by atoms with E-state index < -0.39 is 11.7 Å². The van der Waals surface area contributed by atoms with Crippen molar-refractivity contribution in [1.82, 2.24) is 9.80 Å². The molecule has 2 aromatic carbocycles. The lowest BCUT2D eigenvalue weighted by molar-refractivity contribution is -0.145. The van der Waals surface area contributed by atoms with Crippen LogP contribution < -0.4 is 0 Å². The van der Waals surface area contributed by atoms with Crippen LogP contribution in [-0.4, -0.2) is 53.6 Å². The fourth-order valence-electron chi connectivity index (χ4n) is 5.51. The first-order valence-corrected chi connectivity index (χ1v) is 11.3. The van der Waals surface area contributed by atoms with E-state index in [4.69, 9.17) is 5.11 Å². The highest BCUT2D eigenvalue weighted by Crippen LogP contribution is 2.50. The van der Waals surface area contributed by atoms with Crippen LogP contribution >= 0.6 is 0 Å². The normalized spacial score (nSPS) is 23.2. The Labute approximate surface area is 185 Å². The Kier molecular flexibility index (Phi) is 5.50. The van der Waals surface area contributed by atoms with Gasteiger partial charge in [-0.05, 0) is 65.6 Å². The van der Waals surface area contributed by atoms with Crippen molar-refractivity contribution in [2.45, 2.75) is 37.4 Å². The van der Waals surface area contributed by atoms with Crippen LogP contribution in [-0.2, 0) is 11.0 Å². The van der Waals surface area contributed by atoms with Crippen molar-refractivity contribution in [3.05, 3.63) is 59.2 Å². The molecule has 0 radical (unpaired) electrons. The molecule has 0 unspecified atom stereocenters. The summed E-state index contributed by atoms with van der Waals surface area (Å²) >= 11 is 0. The van der Waals surface area contributed by atoms with Crippen LogP contribution in [0.3, 0.4) is 0 Å². The molecule has 2 bridgehead atoms. The summed E-state index contributed by atoms with van der Waals surface area (Å²) in [5.74, 6) is 0.678. The van der Waals surface area contributed by atoms with E-state index in [-0.39, 0.29) is 24.5 Å².